The fourth-order valence-electron chi connectivity index (χ4n) is 1.41. The molecule has 2 aromatic rings. The number of thiol groups is 1. The van der Waals surface area contributed by atoms with Gasteiger partial charge in [0.15, 0.2) is 0 Å². The molecule has 0 bridgehead atoms. The fraction of sp³-hybridized carbons (Fsp3) is 0.0769. The lowest BCUT2D eigenvalue weighted by Crippen LogP contribution is -1.84. The zero-order chi connectivity index (χ0) is 10.7. The minimum atomic E-state index is 0.825. The molecule has 0 spiro atoms. The molecule has 2 rings (SSSR count). The summed E-state index contributed by atoms with van der Waals surface area (Å²) in [6.07, 6.45) is 0. The highest BCUT2D eigenvalue weighted by Crippen LogP contribution is 2.24. The van der Waals surface area contributed by atoms with Crippen molar-refractivity contribution in [2.75, 3.05) is 0 Å². The predicted molar refractivity (Wildman–Crippen MR) is 64.9 cm³/mol. The monoisotopic (exact) mass is 216 g/mol. The van der Waals surface area contributed by atoms with Crippen molar-refractivity contribution in [3.63, 3.8) is 0 Å². The predicted octanol–water partition coefficient (Wildman–Crippen LogP) is 4.08. The molecule has 0 aliphatic heterocycles. The van der Waals surface area contributed by atoms with Crippen LogP contribution in [-0.4, -0.2) is 0 Å². The van der Waals surface area contributed by atoms with E-state index in [-0.39, 0.29) is 0 Å². The van der Waals surface area contributed by atoms with Crippen LogP contribution in [0.3, 0.4) is 0 Å². The van der Waals surface area contributed by atoms with Gasteiger partial charge in [-0.2, -0.15) is 0 Å². The fourth-order valence-corrected chi connectivity index (χ4v) is 1.74. The lowest BCUT2D eigenvalue weighted by Gasteiger charge is -2.06. The smallest absolute Gasteiger partial charge is 0.128 e. The highest BCUT2D eigenvalue weighted by atomic mass is 32.1. The van der Waals surface area contributed by atoms with Crippen LogP contribution >= 0.6 is 12.6 Å². The van der Waals surface area contributed by atoms with E-state index in [4.69, 9.17) is 4.74 Å². The van der Waals surface area contributed by atoms with Crippen molar-refractivity contribution in [3.8, 4) is 11.5 Å². The second-order valence-corrected chi connectivity index (χ2v) is 3.94. The third-order valence-corrected chi connectivity index (χ3v) is 2.27. The average Bonchev–Trinajstić information content (AvgIpc) is 2.17. The lowest BCUT2D eigenvalue weighted by molar-refractivity contribution is 0.481. The van der Waals surface area contributed by atoms with Crippen molar-refractivity contribution in [2.24, 2.45) is 0 Å². The van der Waals surface area contributed by atoms with E-state index in [1.165, 1.54) is 0 Å². The minimum absolute atomic E-state index is 0.825. The van der Waals surface area contributed by atoms with Gasteiger partial charge in [-0.3, -0.25) is 0 Å². The van der Waals surface area contributed by atoms with E-state index in [1.807, 2.05) is 55.5 Å². The van der Waals surface area contributed by atoms with Crippen LogP contribution in [0.4, 0.5) is 0 Å². The number of benzene rings is 2. The van der Waals surface area contributed by atoms with Gasteiger partial charge in [-0.25, -0.2) is 0 Å². The molecule has 0 N–H and O–H groups in total. The minimum Gasteiger partial charge on any atom is -0.457 e. The standard InChI is InChI=1S/C13H12OS/c1-10-7-12(9-13(15)8-10)14-11-5-3-2-4-6-11/h2-9,15H,1H3. The van der Waals surface area contributed by atoms with Gasteiger partial charge in [-0.15, -0.1) is 12.6 Å². The quantitative estimate of drug-likeness (QED) is 0.744. The molecule has 0 aliphatic carbocycles. The molecular formula is C13H12OS. The highest BCUT2D eigenvalue weighted by molar-refractivity contribution is 7.80. The number of hydrogen-bond acceptors (Lipinski definition) is 2. The van der Waals surface area contributed by atoms with E-state index >= 15 is 0 Å². The van der Waals surface area contributed by atoms with Crippen LogP contribution in [0.2, 0.25) is 0 Å². The van der Waals surface area contributed by atoms with Crippen molar-refractivity contribution in [1.82, 2.24) is 0 Å². The van der Waals surface area contributed by atoms with Crippen LogP contribution in [0.5, 0.6) is 11.5 Å². The maximum absolute atomic E-state index is 5.69. The Kier molecular flexibility index (Phi) is 2.97. The number of para-hydroxylation sites is 1. The van der Waals surface area contributed by atoms with Crippen LogP contribution in [0.1, 0.15) is 5.56 Å². The molecule has 0 atom stereocenters. The Morgan fingerprint density at radius 2 is 1.67 bits per heavy atom. The maximum atomic E-state index is 5.69. The Morgan fingerprint density at radius 1 is 0.933 bits per heavy atom. The Labute approximate surface area is 95.1 Å². The van der Waals surface area contributed by atoms with Gasteiger partial charge in [0.05, 0.1) is 0 Å². The Bertz CT molecular complexity index is 431. The molecule has 0 amide bonds. The van der Waals surface area contributed by atoms with E-state index in [0.29, 0.717) is 0 Å². The first-order valence-corrected chi connectivity index (χ1v) is 5.22. The summed E-state index contributed by atoms with van der Waals surface area (Å²) in [7, 11) is 0. The SMILES string of the molecule is Cc1cc(S)cc(Oc2ccccc2)c1. The van der Waals surface area contributed by atoms with Gasteiger partial charge in [0.25, 0.3) is 0 Å². The molecule has 0 fully saturated rings. The molecule has 0 radical (unpaired) electrons. The number of rotatable bonds is 2. The molecule has 2 heteroatoms. The van der Waals surface area contributed by atoms with Gasteiger partial charge in [0.2, 0.25) is 0 Å². The van der Waals surface area contributed by atoms with Crippen molar-refractivity contribution in [1.29, 1.82) is 0 Å². The van der Waals surface area contributed by atoms with E-state index in [9.17, 15) is 0 Å². The summed E-state index contributed by atoms with van der Waals surface area (Å²) < 4.78 is 5.69. The molecule has 1 nitrogen and oxygen atoms in total. The normalized spacial score (nSPS) is 10.0. The van der Waals surface area contributed by atoms with Gasteiger partial charge in [0.1, 0.15) is 11.5 Å². The van der Waals surface area contributed by atoms with Crippen LogP contribution in [-0.2, 0) is 0 Å². The first-order chi connectivity index (χ1) is 7.24. The first kappa shape index (κ1) is 10.1. The lowest BCUT2D eigenvalue weighted by atomic mass is 10.2. The van der Waals surface area contributed by atoms with Gasteiger partial charge in [-0.1, -0.05) is 18.2 Å². The summed E-state index contributed by atoms with van der Waals surface area (Å²) >= 11 is 4.31. The van der Waals surface area contributed by atoms with Gasteiger partial charge < -0.3 is 4.74 Å². The zero-order valence-electron chi connectivity index (χ0n) is 8.47. The van der Waals surface area contributed by atoms with Crippen LogP contribution in [0.25, 0.3) is 0 Å². The molecule has 15 heavy (non-hydrogen) atoms. The third kappa shape index (κ3) is 2.77. The molecule has 0 aromatic heterocycles. The third-order valence-electron chi connectivity index (χ3n) is 2.01. The Balaban J connectivity index is 2.25. The Hall–Kier alpha value is -1.41. The summed E-state index contributed by atoms with van der Waals surface area (Å²) in [6.45, 7) is 2.03. The molecule has 0 heterocycles. The van der Waals surface area contributed by atoms with Crippen LogP contribution in [0.15, 0.2) is 53.4 Å². The summed E-state index contributed by atoms with van der Waals surface area (Å²) in [4.78, 5) is 0.918. The molecule has 0 saturated carbocycles. The zero-order valence-corrected chi connectivity index (χ0v) is 9.37. The molecule has 0 aliphatic rings. The molecular weight excluding hydrogens is 204 g/mol. The average molecular weight is 216 g/mol. The molecule has 76 valence electrons. The number of aryl methyl sites for hydroxylation is 1. The van der Waals surface area contributed by atoms with Crippen molar-refractivity contribution in [3.05, 3.63) is 54.1 Å². The largest absolute Gasteiger partial charge is 0.457 e. The van der Waals surface area contributed by atoms with Crippen molar-refractivity contribution >= 4 is 12.6 Å². The maximum Gasteiger partial charge on any atom is 0.128 e. The van der Waals surface area contributed by atoms with E-state index in [0.717, 1.165) is 22.0 Å². The molecule has 2 aromatic carbocycles. The van der Waals surface area contributed by atoms with Gasteiger partial charge in [0, 0.05) is 4.90 Å². The van der Waals surface area contributed by atoms with Crippen LogP contribution < -0.4 is 4.74 Å². The molecule has 0 saturated heterocycles. The topological polar surface area (TPSA) is 9.23 Å². The van der Waals surface area contributed by atoms with E-state index < -0.39 is 0 Å². The summed E-state index contributed by atoms with van der Waals surface area (Å²) in [5.74, 6) is 1.67. The molecule has 0 unspecified atom stereocenters. The van der Waals surface area contributed by atoms with Crippen molar-refractivity contribution < 1.29 is 4.74 Å². The summed E-state index contributed by atoms with van der Waals surface area (Å²) in [6, 6.07) is 15.6. The Morgan fingerprint density at radius 3 is 2.33 bits per heavy atom. The summed E-state index contributed by atoms with van der Waals surface area (Å²) in [5.41, 5.74) is 1.15. The van der Waals surface area contributed by atoms with Gasteiger partial charge >= 0.3 is 0 Å². The second kappa shape index (κ2) is 4.41. The van der Waals surface area contributed by atoms with Crippen LogP contribution in [0, 0.1) is 6.92 Å². The van der Waals surface area contributed by atoms with E-state index in [2.05, 4.69) is 12.6 Å². The second-order valence-electron chi connectivity index (χ2n) is 3.42. The van der Waals surface area contributed by atoms with Gasteiger partial charge in [-0.05, 0) is 42.8 Å². The number of hydrogen-bond donors (Lipinski definition) is 1. The van der Waals surface area contributed by atoms with E-state index in [1.54, 1.807) is 0 Å². The van der Waals surface area contributed by atoms with Crippen molar-refractivity contribution in [2.45, 2.75) is 11.8 Å². The number of ether oxygens (including phenoxy) is 1. The first-order valence-electron chi connectivity index (χ1n) is 4.77. The highest BCUT2D eigenvalue weighted by Gasteiger charge is 1.98. The summed E-state index contributed by atoms with van der Waals surface area (Å²) in [5, 5.41) is 0.